The maximum atomic E-state index is 13.5. The van der Waals surface area contributed by atoms with Crippen molar-refractivity contribution >= 4 is 34.6 Å². The Bertz CT molecular complexity index is 1180. The first-order valence-electron chi connectivity index (χ1n) is 10.3. The number of benzene rings is 2. The van der Waals surface area contributed by atoms with Crippen LogP contribution in [0.15, 0.2) is 42.5 Å². The first-order chi connectivity index (χ1) is 15.9. The van der Waals surface area contributed by atoms with Crippen molar-refractivity contribution in [3.05, 3.63) is 53.6 Å². The van der Waals surface area contributed by atoms with Gasteiger partial charge in [0.15, 0.2) is 5.11 Å². The number of carbonyl (C=O) groups excluding carboxylic acids is 1. The third-order valence-corrected chi connectivity index (χ3v) is 6.10. The van der Waals surface area contributed by atoms with Crippen molar-refractivity contribution in [3.8, 4) is 11.8 Å². The highest BCUT2D eigenvalue weighted by atomic mass is 32.1. The minimum atomic E-state index is -4.77. The average Bonchev–Trinajstić information content (AvgIpc) is 3.25. The van der Waals surface area contributed by atoms with Gasteiger partial charge in [0.05, 0.1) is 36.1 Å². The molecular weight excluding hydrogens is 471 g/mol. The topological polar surface area (TPSA) is 86.0 Å². The fraction of sp³-hybridized carbons (Fsp3) is 0.348. The third kappa shape index (κ3) is 4.09. The number of nitrogens with zero attached hydrogens (tertiary/aromatic N) is 3. The van der Waals surface area contributed by atoms with Gasteiger partial charge in [-0.05, 0) is 68.5 Å². The Labute approximate surface area is 198 Å². The summed E-state index contributed by atoms with van der Waals surface area (Å²) in [5.41, 5.74) is -2.42. The van der Waals surface area contributed by atoms with Gasteiger partial charge >= 0.3 is 6.18 Å². The van der Waals surface area contributed by atoms with E-state index in [2.05, 4.69) is 0 Å². The molecule has 2 saturated heterocycles. The summed E-state index contributed by atoms with van der Waals surface area (Å²) in [6, 6.07) is 11.2. The number of anilines is 2. The van der Waals surface area contributed by atoms with Crippen LogP contribution in [-0.4, -0.2) is 47.1 Å². The smallest absolute Gasteiger partial charge is 0.417 e. The van der Waals surface area contributed by atoms with Crippen molar-refractivity contribution < 1.29 is 32.5 Å². The summed E-state index contributed by atoms with van der Waals surface area (Å²) < 4.78 is 51.3. The number of hydrogen-bond acceptors (Lipinski definition) is 6. The van der Waals surface area contributed by atoms with Crippen molar-refractivity contribution in [3.63, 3.8) is 0 Å². The number of aliphatic hydroxyl groups excluding tert-OH is 1. The van der Waals surface area contributed by atoms with Crippen molar-refractivity contribution in [2.24, 2.45) is 0 Å². The lowest BCUT2D eigenvalue weighted by Crippen LogP contribution is -2.44. The van der Waals surface area contributed by atoms with Crippen LogP contribution in [0.5, 0.6) is 5.75 Å². The van der Waals surface area contributed by atoms with Crippen LogP contribution in [0.1, 0.15) is 25.0 Å². The average molecular weight is 491 g/mol. The predicted molar refractivity (Wildman–Crippen MR) is 120 cm³/mol. The molecular formula is C23H20F3N3O4S. The van der Waals surface area contributed by atoms with E-state index < -0.39 is 41.0 Å². The summed E-state index contributed by atoms with van der Waals surface area (Å²) in [7, 11) is 0. The van der Waals surface area contributed by atoms with Gasteiger partial charge in [0.2, 0.25) is 0 Å². The lowest BCUT2D eigenvalue weighted by Gasteiger charge is -2.29. The normalized spacial score (nSPS) is 22.3. The van der Waals surface area contributed by atoms with E-state index in [-0.39, 0.29) is 24.0 Å². The van der Waals surface area contributed by atoms with Crippen molar-refractivity contribution in [1.82, 2.24) is 0 Å². The Balaban J connectivity index is 1.65. The number of hydrogen-bond donors (Lipinski definition) is 1. The van der Waals surface area contributed by atoms with Crippen LogP contribution >= 0.6 is 12.2 Å². The minimum absolute atomic E-state index is 0.00103. The van der Waals surface area contributed by atoms with E-state index in [1.807, 2.05) is 0 Å². The number of ether oxygens (including phenoxy) is 2. The maximum absolute atomic E-state index is 13.5. The summed E-state index contributed by atoms with van der Waals surface area (Å²) in [6.45, 7) is 3.70. The number of thiocarbonyl (C=S) groups is 1. The Hall–Kier alpha value is -3.20. The molecule has 2 fully saturated rings. The Morgan fingerprint density at radius 3 is 2.38 bits per heavy atom. The van der Waals surface area contributed by atoms with E-state index >= 15 is 0 Å². The lowest BCUT2D eigenvalue weighted by molar-refractivity contribution is -0.137. The molecule has 2 aliphatic rings. The number of rotatable bonds is 4. The van der Waals surface area contributed by atoms with Gasteiger partial charge in [0.1, 0.15) is 23.5 Å². The summed E-state index contributed by atoms with van der Waals surface area (Å²) in [4.78, 5) is 15.8. The van der Waals surface area contributed by atoms with Gasteiger partial charge in [-0.25, -0.2) is 0 Å². The second-order valence-electron chi connectivity index (χ2n) is 8.41. The molecule has 11 heteroatoms. The van der Waals surface area contributed by atoms with Gasteiger partial charge in [0.25, 0.3) is 5.91 Å². The SMILES string of the molecule is CC1(C)C(=O)N(c2ccc(C#N)c(C(F)(F)F)c2)C(=S)N1c1ccc(O[C@@H]2COC[C@H]2O)cc1. The molecule has 2 aromatic rings. The van der Waals surface area contributed by atoms with E-state index in [0.29, 0.717) is 11.4 Å². The molecule has 2 atom stereocenters. The number of carbonyl (C=O) groups is 1. The van der Waals surface area contributed by atoms with Crippen LogP contribution < -0.4 is 14.5 Å². The third-order valence-electron chi connectivity index (χ3n) is 5.74. The fourth-order valence-electron chi connectivity index (χ4n) is 3.94. The van der Waals surface area contributed by atoms with Crippen LogP contribution in [-0.2, 0) is 15.7 Å². The highest BCUT2D eigenvalue weighted by molar-refractivity contribution is 7.81. The molecule has 2 aliphatic heterocycles. The van der Waals surface area contributed by atoms with E-state index in [4.69, 9.17) is 27.0 Å². The number of amides is 1. The van der Waals surface area contributed by atoms with Crippen LogP contribution in [0.3, 0.4) is 0 Å². The molecule has 2 heterocycles. The Kier molecular flexibility index (Phi) is 6.01. The molecule has 4 rings (SSSR count). The number of halogens is 3. The molecule has 0 radical (unpaired) electrons. The molecule has 0 bridgehead atoms. The molecule has 34 heavy (non-hydrogen) atoms. The molecule has 7 nitrogen and oxygen atoms in total. The van der Waals surface area contributed by atoms with Crippen LogP contribution in [0, 0.1) is 11.3 Å². The van der Waals surface area contributed by atoms with E-state index in [1.165, 1.54) is 12.1 Å². The lowest BCUT2D eigenvalue weighted by atomic mass is 10.0. The molecule has 178 valence electrons. The largest absolute Gasteiger partial charge is 0.485 e. The van der Waals surface area contributed by atoms with Crippen LogP contribution in [0.25, 0.3) is 0 Å². The number of alkyl halides is 3. The van der Waals surface area contributed by atoms with Crippen molar-refractivity contribution in [2.75, 3.05) is 23.0 Å². The Morgan fingerprint density at radius 1 is 1.18 bits per heavy atom. The molecule has 1 amide bonds. The molecule has 0 unspecified atom stereocenters. The fourth-order valence-corrected chi connectivity index (χ4v) is 4.47. The monoisotopic (exact) mass is 491 g/mol. The Morgan fingerprint density at radius 2 is 1.82 bits per heavy atom. The summed E-state index contributed by atoms with van der Waals surface area (Å²) in [5, 5.41) is 18.9. The maximum Gasteiger partial charge on any atom is 0.417 e. The highest BCUT2D eigenvalue weighted by Gasteiger charge is 2.50. The zero-order valence-corrected chi connectivity index (χ0v) is 19.0. The summed E-state index contributed by atoms with van der Waals surface area (Å²) in [6.07, 6.45) is -5.99. The standard InChI is InChI=1S/C23H20F3N3O4S/c1-22(2)20(31)28(15-4-3-13(10-27)17(9-15)23(24,25)26)21(34)29(22)14-5-7-16(8-6-14)33-19-12-32-11-18(19)30/h3-9,18-19,30H,11-12H2,1-2H3/t18-,19-/m1/s1. The van der Waals surface area contributed by atoms with Gasteiger partial charge in [-0.1, -0.05) is 0 Å². The number of aliphatic hydroxyl groups is 1. The van der Waals surface area contributed by atoms with E-state index in [1.54, 1.807) is 43.0 Å². The summed E-state index contributed by atoms with van der Waals surface area (Å²) in [5.74, 6) is -0.0341. The van der Waals surface area contributed by atoms with Crippen LogP contribution in [0.2, 0.25) is 0 Å². The summed E-state index contributed by atoms with van der Waals surface area (Å²) >= 11 is 5.52. The second kappa shape index (κ2) is 8.54. The molecule has 1 N–H and O–H groups in total. The molecule has 0 aliphatic carbocycles. The first kappa shape index (κ1) is 23.9. The molecule has 0 aromatic heterocycles. The van der Waals surface area contributed by atoms with Gasteiger partial charge < -0.3 is 19.5 Å². The van der Waals surface area contributed by atoms with Gasteiger partial charge in [-0.15, -0.1) is 0 Å². The zero-order chi connectivity index (χ0) is 24.8. The first-order valence-corrected chi connectivity index (χ1v) is 10.7. The van der Waals surface area contributed by atoms with E-state index in [0.717, 1.165) is 17.0 Å². The van der Waals surface area contributed by atoms with Crippen molar-refractivity contribution in [1.29, 1.82) is 5.26 Å². The highest BCUT2D eigenvalue weighted by Crippen LogP contribution is 2.40. The van der Waals surface area contributed by atoms with E-state index in [9.17, 15) is 23.1 Å². The van der Waals surface area contributed by atoms with Gasteiger partial charge in [0, 0.05) is 5.69 Å². The molecule has 0 spiro atoms. The van der Waals surface area contributed by atoms with Gasteiger partial charge in [-0.2, -0.15) is 18.4 Å². The molecule has 2 aromatic carbocycles. The minimum Gasteiger partial charge on any atom is -0.485 e. The van der Waals surface area contributed by atoms with Gasteiger partial charge in [-0.3, -0.25) is 9.69 Å². The zero-order valence-electron chi connectivity index (χ0n) is 18.2. The number of nitriles is 1. The van der Waals surface area contributed by atoms with Crippen LogP contribution in [0.4, 0.5) is 24.5 Å². The predicted octanol–water partition coefficient (Wildman–Crippen LogP) is 3.63. The quantitative estimate of drug-likeness (QED) is 0.654. The second-order valence-corrected chi connectivity index (χ2v) is 8.78. The molecule has 0 saturated carbocycles. The van der Waals surface area contributed by atoms with Crippen molar-refractivity contribution in [2.45, 2.75) is 37.8 Å².